The number of hydrogen-bond acceptors (Lipinski definition) is 3. The van der Waals surface area contributed by atoms with Gasteiger partial charge in [0.05, 0.1) is 9.95 Å². The number of nitrogens with zero attached hydrogens (tertiary/aromatic N) is 1. The molecule has 0 heterocycles. The van der Waals surface area contributed by atoms with Crippen LogP contribution in [0.25, 0.3) is 0 Å². The molecule has 2 rings (SSSR count). The Morgan fingerprint density at radius 2 is 1.95 bits per heavy atom. The molecule has 0 saturated heterocycles. The summed E-state index contributed by atoms with van der Waals surface area (Å²) < 4.78 is 0. The highest BCUT2D eigenvalue weighted by atomic mass is 35.5. The zero-order valence-corrected chi connectivity index (χ0v) is 12.5. The number of non-ortho nitro benzene ring substituents is 1. The molecule has 0 aliphatic heterocycles. The SMILES string of the molecule is CCC(NCc1ccc([N+](=O)[O-])cc1Cl)c1ccccc1. The minimum Gasteiger partial charge on any atom is -0.306 e. The van der Waals surface area contributed by atoms with Crippen molar-refractivity contribution < 1.29 is 4.92 Å². The first-order valence-corrected chi connectivity index (χ1v) is 7.20. The summed E-state index contributed by atoms with van der Waals surface area (Å²) in [4.78, 5) is 10.3. The number of halogens is 1. The summed E-state index contributed by atoms with van der Waals surface area (Å²) in [6, 6.07) is 15.0. The van der Waals surface area contributed by atoms with Crippen LogP contribution in [0.5, 0.6) is 0 Å². The van der Waals surface area contributed by atoms with Gasteiger partial charge in [0.1, 0.15) is 0 Å². The molecule has 5 heteroatoms. The van der Waals surface area contributed by atoms with Crippen molar-refractivity contribution in [3.8, 4) is 0 Å². The van der Waals surface area contributed by atoms with E-state index in [1.807, 2.05) is 18.2 Å². The van der Waals surface area contributed by atoms with Gasteiger partial charge in [-0.3, -0.25) is 10.1 Å². The van der Waals surface area contributed by atoms with Gasteiger partial charge < -0.3 is 5.32 Å². The average Bonchev–Trinajstić information content (AvgIpc) is 2.50. The standard InChI is InChI=1S/C16H17ClN2O2/c1-2-16(12-6-4-3-5-7-12)18-11-13-8-9-14(19(20)21)10-15(13)17/h3-10,16,18H,2,11H2,1H3. The third kappa shape index (κ3) is 4.03. The van der Waals surface area contributed by atoms with Crippen LogP contribution < -0.4 is 5.32 Å². The molecule has 0 aromatic heterocycles. The molecular weight excluding hydrogens is 288 g/mol. The Balaban J connectivity index is 2.07. The lowest BCUT2D eigenvalue weighted by molar-refractivity contribution is -0.384. The predicted molar refractivity (Wildman–Crippen MR) is 84.4 cm³/mol. The van der Waals surface area contributed by atoms with E-state index in [1.165, 1.54) is 17.7 Å². The van der Waals surface area contributed by atoms with E-state index in [0.29, 0.717) is 11.6 Å². The Kier molecular flexibility index (Phi) is 5.31. The lowest BCUT2D eigenvalue weighted by Gasteiger charge is -2.18. The third-order valence-electron chi connectivity index (χ3n) is 3.40. The van der Waals surface area contributed by atoms with Crippen LogP contribution in [0, 0.1) is 10.1 Å². The van der Waals surface area contributed by atoms with Crippen LogP contribution >= 0.6 is 11.6 Å². The number of nitro groups is 1. The summed E-state index contributed by atoms with van der Waals surface area (Å²) in [6.07, 6.45) is 0.953. The van der Waals surface area contributed by atoms with Gasteiger partial charge in [-0.1, -0.05) is 48.9 Å². The van der Waals surface area contributed by atoms with Crippen LogP contribution in [0.2, 0.25) is 5.02 Å². The number of benzene rings is 2. The maximum Gasteiger partial charge on any atom is 0.270 e. The summed E-state index contributed by atoms with van der Waals surface area (Å²) in [5.41, 5.74) is 2.09. The largest absolute Gasteiger partial charge is 0.306 e. The Labute approximate surface area is 128 Å². The van der Waals surface area contributed by atoms with Gasteiger partial charge >= 0.3 is 0 Å². The third-order valence-corrected chi connectivity index (χ3v) is 3.75. The fourth-order valence-electron chi connectivity index (χ4n) is 2.21. The van der Waals surface area contributed by atoms with E-state index in [0.717, 1.165) is 12.0 Å². The molecule has 0 bridgehead atoms. The zero-order valence-electron chi connectivity index (χ0n) is 11.8. The molecule has 0 radical (unpaired) electrons. The van der Waals surface area contributed by atoms with Gasteiger partial charge in [-0.25, -0.2) is 0 Å². The highest BCUT2D eigenvalue weighted by Gasteiger charge is 2.12. The van der Waals surface area contributed by atoms with E-state index in [-0.39, 0.29) is 11.7 Å². The second-order valence-electron chi connectivity index (χ2n) is 4.79. The van der Waals surface area contributed by atoms with Crippen LogP contribution in [-0.4, -0.2) is 4.92 Å². The molecule has 0 spiro atoms. The average molecular weight is 305 g/mol. The lowest BCUT2D eigenvalue weighted by atomic mass is 10.0. The highest BCUT2D eigenvalue weighted by molar-refractivity contribution is 6.31. The predicted octanol–water partition coefficient (Wildman–Crippen LogP) is 4.49. The number of rotatable bonds is 6. The highest BCUT2D eigenvalue weighted by Crippen LogP contribution is 2.24. The van der Waals surface area contributed by atoms with Crippen molar-refractivity contribution in [1.29, 1.82) is 0 Å². The van der Waals surface area contributed by atoms with Crippen LogP contribution in [0.1, 0.15) is 30.5 Å². The zero-order chi connectivity index (χ0) is 15.2. The molecule has 2 aromatic carbocycles. The molecule has 0 aliphatic rings. The Morgan fingerprint density at radius 1 is 1.24 bits per heavy atom. The molecular formula is C16H17ClN2O2. The molecule has 4 nitrogen and oxygen atoms in total. The number of nitro benzene ring substituents is 1. The number of hydrogen-bond donors (Lipinski definition) is 1. The van der Waals surface area contributed by atoms with Crippen LogP contribution in [-0.2, 0) is 6.54 Å². The first-order valence-electron chi connectivity index (χ1n) is 6.83. The Bertz CT molecular complexity index is 617. The Morgan fingerprint density at radius 3 is 2.52 bits per heavy atom. The van der Waals surface area contributed by atoms with Crippen LogP contribution in [0.4, 0.5) is 5.69 Å². The van der Waals surface area contributed by atoms with E-state index in [4.69, 9.17) is 11.6 Å². The van der Waals surface area contributed by atoms with Crippen LogP contribution in [0.3, 0.4) is 0 Å². The van der Waals surface area contributed by atoms with Crippen molar-refractivity contribution in [2.45, 2.75) is 25.9 Å². The molecule has 21 heavy (non-hydrogen) atoms. The molecule has 0 aliphatic carbocycles. The fourth-order valence-corrected chi connectivity index (χ4v) is 2.45. The lowest BCUT2D eigenvalue weighted by Crippen LogP contribution is -2.20. The normalized spacial score (nSPS) is 12.1. The first-order chi connectivity index (χ1) is 10.1. The van der Waals surface area contributed by atoms with Crippen molar-refractivity contribution in [2.75, 3.05) is 0 Å². The van der Waals surface area contributed by atoms with E-state index < -0.39 is 4.92 Å². The molecule has 110 valence electrons. The van der Waals surface area contributed by atoms with E-state index in [9.17, 15) is 10.1 Å². The fraction of sp³-hybridized carbons (Fsp3) is 0.250. The maximum atomic E-state index is 10.7. The molecule has 1 unspecified atom stereocenters. The van der Waals surface area contributed by atoms with Gasteiger partial charge in [-0.2, -0.15) is 0 Å². The second kappa shape index (κ2) is 7.20. The molecule has 0 fully saturated rings. The van der Waals surface area contributed by atoms with E-state index in [1.54, 1.807) is 6.07 Å². The van der Waals surface area contributed by atoms with Gasteiger partial charge in [0.15, 0.2) is 0 Å². The second-order valence-corrected chi connectivity index (χ2v) is 5.19. The summed E-state index contributed by atoms with van der Waals surface area (Å²) in [5, 5.41) is 14.5. The van der Waals surface area contributed by atoms with Gasteiger partial charge in [0.2, 0.25) is 0 Å². The van der Waals surface area contributed by atoms with Crippen molar-refractivity contribution in [3.05, 3.63) is 74.8 Å². The summed E-state index contributed by atoms with van der Waals surface area (Å²) in [7, 11) is 0. The monoisotopic (exact) mass is 304 g/mol. The van der Waals surface area contributed by atoms with E-state index >= 15 is 0 Å². The van der Waals surface area contributed by atoms with Gasteiger partial charge in [-0.05, 0) is 23.6 Å². The van der Waals surface area contributed by atoms with Gasteiger partial charge in [-0.15, -0.1) is 0 Å². The van der Waals surface area contributed by atoms with Crippen molar-refractivity contribution >= 4 is 17.3 Å². The van der Waals surface area contributed by atoms with Gasteiger partial charge in [0, 0.05) is 24.7 Å². The Hall–Kier alpha value is -1.91. The van der Waals surface area contributed by atoms with Crippen molar-refractivity contribution in [1.82, 2.24) is 5.32 Å². The van der Waals surface area contributed by atoms with Gasteiger partial charge in [0.25, 0.3) is 5.69 Å². The van der Waals surface area contributed by atoms with E-state index in [2.05, 4.69) is 24.4 Å². The minimum atomic E-state index is -0.443. The smallest absolute Gasteiger partial charge is 0.270 e. The molecule has 2 aromatic rings. The molecule has 0 amide bonds. The minimum absolute atomic E-state index is 0.0128. The molecule has 1 atom stereocenters. The van der Waals surface area contributed by atoms with Crippen molar-refractivity contribution in [3.63, 3.8) is 0 Å². The summed E-state index contributed by atoms with van der Waals surface area (Å²) in [5.74, 6) is 0. The molecule has 0 saturated carbocycles. The topological polar surface area (TPSA) is 55.2 Å². The first kappa shape index (κ1) is 15.5. The van der Waals surface area contributed by atoms with Crippen LogP contribution in [0.15, 0.2) is 48.5 Å². The summed E-state index contributed by atoms with van der Waals surface area (Å²) in [6.45, 7) is 2.69. The maximum absolute atomic E-state index is 10.7. The molecule has 1 N–H and O–H groups in total. The van der Waals surface area contributed by atoms with Crippen molar-refractivity contribution in [2.24, 2.45) is 0 Å². The summed E-state index contributed by atoms with van der Waals surface area (Å²) >= 11 is 6.10. The number of nitrogens with one attached hydrogen (secondary N) is 1. The quantitative estimate of drug-likeness (QED) is 0.632.